The van der Waals surface area contributed by atoms with Crippen LogP contribution < -0.4 is 9.64 Å². The molecule has 0 radical (unpaired) electrons. The fourth-order valence-electron chi connectivity index (χ4n) is 15.6. The van der Waals surface area contributed by atoms with Crippen LogP contribution in [0.5, 0.6) is 11.5 Å². The van der Waals surface area contributed by atoms with Gasteiger partial charge < -0.3 is 9.64 Å². The highest BCUT2D eigenvalue weighted by Crippen LogP contribution is 2.60. The van der Waals surface area contributed by atoms with Gasteiger partial charge >= 0.3 is 0 Å². The quantitative estimate of drug-likeness (QED) is 0.0956. The summed E-state index contributed by atoms with van der Waals surface area (Å²) in [4.78, 5) is 2.49. The molecule has 0 amide bonds. The molecule has 2 heteroatoms. The molecule has 2 nitrogen and oxygen atoms in total. The third kappa shape index (κ3) is 9.55. The van der Waals surface area contributed by atoms with Gasteiger partial charge in [-0.1, -0.05) is 274 Å². The summed E-state index contributed by atoms with van der Waals surface area (Å²) in [6.45, 7) is 6.88. The lowest BCUT2D eigenvalue weighted by atomic mass is 9.67. The molecule has 0 aliphatic heterocycles. The Labute approximate surface area is 536 Å². The van der Waals surface area contributed by atoms with Crippen molar-refractivity contribution in [3.63, 3.8) is 0 Å². The summed E-state index contributed by atoms with van der Waals surface area (Å²) in [7, 11) is 0. The summed E-state index contributed by atoms with van der Waals surface area (Å²) >= 11 is 0. The number of rotatable bonds is 16. The van der Waals surface area contributed by atoms with E-state index >= 15 is 0 Å². The minimum Gasteiger partial charge on any atom is -0.457 e. The highest BCUT2D eigenvalue weighted by molar-refractivity contribution is 5.92. The number of benzene rings is 13. The van der Waals surface area contributed by atoms with Gasteiger partial charge in [-0.15, -0.1) is 0 Å². The largest absolute Gasteiger partial charge is 0.457 e. The molecule has 16 rings (SSSR count). The number of hydrogen-bond donors (Lipinski definition) is 0. The first-order valence-corrected chi connectivity index (χ1v) is 32.6. The molecule has 13 aromatic rings. The van der Waals surface area contributed by atoms with Gasteiger partial charge in [-0.3, -0.25) is 0 Å². The topological polar surface area (TPSA) is 12.5 Å². The molecule has 3 unspecified atom stereocenters. The predicted molar refractivity (Wildman–Crippen MR) is 378 cm³/mol. The van der Waals surface area contributed by atoms with Crippen molar-refractivity contribution in [2.45, 2.75) is 69.1 Å². The molecular weight excluding hydrogens is 1100 g/mol. The second-order valence-corrected chi connectivity index (χ2v) is 25.4. The van der Waals surface area contributed by atoms with Crippen LogP contribution in [0.4, 0.5) is 17.1 Å². The molecule has 91 heavy (non-hydrogen) atoms. The van der Waals surface area contributed by atoms with Crippen molar-refractivity contribution >= 4 is 17.1 Å². The van der Waals surface area contributed by atoms with Crippen molar-refractivity contribution in [1.29, 1.82) is 0 Å². The summed E-state index contributed by atoms with van der Waals surface area (Å²) in [5, 5.41) is 0. The summed E-state index contributed by atoms with van der Waals surface area (Å²) in [5.74, 6) is 2.49. The van der Waals surface area contributed by atoms with Crippen LogP contribution in [-0.2, 0) is 23.7 Å². The lowest BCUT2D eigenvalue weighted by molar-refractivity contribution is 0.481. The Morgan fingerprint density at radius 1 is 0.352 bits per heavy atom. The number of ether oxygens (including phenoxy) is 1. The Morgan fingerprint density at radius 2 is 0.769 bits per heavy atom. The number of aryl methyl sites for hydroxylation is 3. The molecule has 0 N–H and O–H groups in total. The maximum Gasteiger partial charge on any atom is 0.127 e. The highest BCUT2D eigenvalue weighted by Gasteiger charge is 2.48. The molecule has 3 aliphatic carbocycles. The van der Waals surface area contributed by atoms with E-state index in [2.05, 4.69) is 341 Å². The third-order valence-electron chi connectivity index (χ3n) is 20.4. The molecule has 3 atom stereocenters. The molecule has 0 spiro atoms. The zero-order valence-corrected chi connectivity index (χ0v) is 51.9. The minimum atomic E-state index is -0.676. The van der Waals surface area contributed by atoms with E-state index in [0.717, 1.165) is 41.4 Å². The van der Waals surface area contributed by atoms with Crippen molar-refractivity contribution in [2.24, 2.45) is 0 Å². The fourth-order valence-corrected chi connectivity index (χ4v) is 15.6. The Bertz CT molecular complexity index is 4740. The van der Waals surface area contributed by atoms with Crippen LogP contribution in [-0.4, -0.2) is 0 Å². The van der Waals surface area contributed by atoms with Crippen molar-refractivity contribution in [1.82, 2.24) is 0 Å². The van der Waals surface area contributed by atoms with Crippen molar-refractivity contribution in [3.05, 3.63) is 388 Å². The highest BCUT2D eigenvalue weighted by atomic mass is 16.5. The first kappa shape index (κ1) is 55.7. The number of anilines is 3. The van der Waals surface area contributed by atoms with E-state index in [9.17, 15) is 0 Å². The standard InChI is InChI=1S/C89H71NO/c1-4-62(65-30-32-67(33-31-65)69-36-34-68-35-37-70(68)57-69)56-61(3)63-40-50-78(51-41-63)91-79-52-44-74(45-53-79)89(73-42-28-60(2)29-43-73)85-27-17-15-25-81(85)83-55-49-77(59-87(83)89)90(75-46-38-66(39-47-75)64-18-8-5-9-19-64)76-48-54-82-80-24-14-16-26-84(80)88(86(82)58-76,71-20-10-6-11-21-71)72-22-12-7-13-23-72/h5-34,36,38-55,57-59,61-62H,4,35,37,56H2,1-3H3. The molecule has 0 heterocycles. The van der Waals surface area contributed by atoms with Crippen LogP contribution in [0.3, 0.4) is 0 Å². The second kappa shape index (κ2) is 23.1. The van der Waals surface area contributed by atoms with Crippen molar-refractivity contribution < 1.29 is 4.74 Å². The Hall–Kier alpha value is -10.5. The van der Waals surface area contributed by atoms with Crippen molar-refractivity contribution in [3.8, 4) is 56.0 Å². The van der Waals surface area contributed by atoms with Gasteiger partial charge in [-0.2, -0.15) is 0 Å². The lowest BCUT2D eigenvalue weighted by Gasteiger charge is -2.36. The SMILES string of the molecule is CCC(CC(C)c1ccc(Oc2ccc(C3(c4ccc(C)cc4)c4ccccc4-c4ccc(N(c5ccc(-c6ccccc6)cc5)c5ccc6c(c5)C(c5ccccc5)(c5ccccc5)c5ccccc5-6)cc43)cc2)cc1)c1ccc(-c2ccc3c(c2)CC3)cc1. The molecule has 13 aromatic carbocycles. The van der Waals surface area contributed by atoms with Crippen LogP contribution >= 0.6 is 0 Å². The van der Waals surface area contributed by atoms with Crippen LogP contribution in [0, 0.1) is 6.92 Å². The van der Waals surface area contributed by atoms with Crippen molar-refractivity contribution in [2.75, 3.05) is 4.90 Å². The Kier molecular flexibility index (Phi) is 14.2. The van der Waals surface area contributed by atoms with E-state index in [1.165, 1.54) is 130 Å². The van der Waals surface area contributed by atoms with Gasteiger partial charge in [0.05, 0.1) is 10.8 Å². The average Bonchev–Trinajstić information content (AvgIpc) is 1.56. The monoisotopic (exact) mass is 1170 g/mol. The van der Waals surface area contributed by atoms with Gasteiger partial charge in [0.1, 0.15) is 11.5 Å². The van der Waals surface area contributed by atoms with Gasteiger partial charge in [-0.05, 0) is 216 Å². The molecule has 0 saturated carbocycles. The number of fused-ring (bicyclic) bond motifs is 7. The molecule has 438 valence electrons. The summed E-state index contributed by atoms with van der Waals surface area (Å²) in [6.07, 6.45) is 4.61. The third-order valence-corrected chi connectivity index (χ3v) is 20.4. The number of nitrogens with zero attached hydrogens (tertiary/aromatic N) is 1. The van der Waals surface area contributed by atoms with E-state index in [-0.39, 0.29) is 0 Å². The predicted octanol–water partition coefficient (Wildman–Crippen LogP) is 23.1. The zero-order valence-electron chi connectivity index (χ0n) is 51.9. The summed E-state index contributed by atoms with van der Waals surface area (Å²) in [6, 6.07) is 118. The van der Waals surface area contributed by atoms with E-state index < -0.39 is 10.8 Å². The molecule has 3 aliphatic rings. The van der Waals surface area contributed by atoms with E-state index in [1.54, 1.807) is 0 Å². The zero-order chi connectivity index (χ0) is 61.0. The molecule has 0 fully saturated rings. The van der Waals surface area contributed by atoms with Gasteiger partial charge in [0, 0.05) is 17.1 Å². The van der Waals surface area contributed by atoms with Crippen LogP contribution in [0.1, 0.15) is 111 Å². The number of hydrogen-bond acceptors (Lipinski definition) is 2. The molecular formula is C89H71NO. The lowest BCUT2D eigenvalue weighted by Crippen LogP contribution is -2.29. The molecule has 0 aromatic heterocycles. The minimum absolute atomic E-state index is 0.388. The summed E-state index contributed by atoms with van der Waals surface area (Å²) in [5.41, 5.74) is 28.9. The molecule has 0 bridgehead atoms. The van der Waals surface area contributed by atoms with Crippen LogP contribution in [0.15, 0.2) is 315 Å². The van der Waals surface area contributed by atoms with Gasteiger partial charge in [0.25, 0.3) is 0 Å². The molecule has 0 saturated heterocycles. The Morgan fingerprint density at radius 3 is 1.30 bits per heavy atom. The summed E-state index contributed by atoms with van der Waals surface area (Å²) < 4.78 is 6.76. The van der Waals surface area contributed by atoms with Gasteiger partial charge in [-0.25, -0.2) is 0 Å². The van der Waals surface area contributed by atoms with Crippen LogP contribution in [0.25, 0.3) is 44.5 Å². The van der Waals surface area contributed by atoms with E-state index in [4.69, 9.17) is 4.74 Å². The first-order valence-electron chi connectivity index (χ1n) is 32.6. The fraction of sp³-hybridized carbons (Fsp3) is 0.124. The first-order chi connectivity index (χ1) is 44.8. The van der Waals surface area contributed by atoms with E-state index in [0.29, 0.717) is 11.8 Å². The normalized spacial score (nSPS) is 15.2. The van der Waals surface area contributed by atoms with Gasteiger partial charge in [0.2, 0.25) is 0 Å². The Balaban J connectivity index is 0.769. The average molecular weight is 1170 g/mol. The van der Waals surface area contributed by atoms with Crippen LogP contribution in [0.2, 0.25) is 0 Å². The smallest absolute Gasteiger partial charge is 0.127 e. The maximum absolute atomic E-state index is 6.76. The maximum atomic E-state index is 6.76. The van der Waals surface area contributed by atoms with Gasteiger partial charge in [0.15, 0.2) is 0 Å². The van der Waals surface area contributed by atoms with E-state index in [1.807, 2.05) is 0 Å². The second-order valence-electron chi connectivity index (χ2n) is 25.4.